The van der Waals surface area contributed by atoms with E-state index >= 15 is 0 Å². The monoisotopic (exact) mass is 570 g/mol. The highest BCUT2D eigenvalue weighted by atomic mass is 35.5. The van der Waals surface area contributed by atoms with Crippen LogP contribution in [-0.2, 0) is 23.9 Å². The molecule has 0 amide bonds. The van der Waals surface area contributed by atoms with Crippen LogP contribution < -0.4 is 0 Å². The number of hydrogen-bond donors (Lipinski definition) is 1. The van der Waals surface area contributed by atoms with Crippen molar-refractivity contribution < 1.29 is 29.0 Å². The fourth-order valence-electron chi connectivity index (χ4n) is 5.46. The predicted octanol–water partition coefficient (Wildman–Crippen LogP) is 6.03. The Bertz CT molecular complexity index is 922. The summed E-state index contributed by atoms with van der Waals surface area (Å²) in [5, 5.41) is 11.1. The van der Waals surface area contributed by atoms with E-state index in [9.17, 15) is 19.5 Å². The lowest BCUT2D eigenvalue weighted by Gasteiger charge is -2.43. The molecular formula is C30H44Cl2O6. The molecule has 0 unspecified atom stereocenters. The third-order valence-electron chi connectivity index (χ3n) is 7.69. The Morgan fingerprint density at radius 3 is 2.32 bits per heavy atom. The molecule has 1 N–H and O–H groups in total. The van der Waals surface area contributed by atoms with Crippen LogP contribution in [0.25, 0.3) is 0 Å². The molecule has 0 radical (unpaired) electrons. The lowest BCUT2D eigenvalue weighted by atomic mass is 9.62. The first-order valence-corrected chi connectivity index (χ1v) is 14.5. The Balaban J connectivity index is 2.49. The van der Waals surface area contributed by atoms with Crippen LogP contribution in [0.4, 0.5) is 0 Å². The van der Waals surface area contributed by atoms with Crippen molar-refractivity contribution in [2.75, 3.05) is 13.2 Å². The zero-order chi connectivity index (χ0) is 28.7. The normalized spacial score (nSPS) is 35.5. The van der Waals surface area contributed by atoms with Crippen molar-refractivity contribution in [3.8, 4) is 0 Å². The molecule has 0 bridgehead atoms. The predicted molar refractivity (Wildman–Crippen MR) is 151 cm³/mol. The molecular weight excluding hydrogens is 527 g/mol. The molecule has 1 aliphatic carbocycles. The van der Waals surface area contributed by atoms with Gasteiger partial charge in [0.2, 0.25) is 4.33 Å². The summed E-state index contributed by atoms with van der Waals surface area (Å²) >= 11 is 13.1. The number of ketones is 2. The summed E-state index contributed by atoms with van der Waals surface area (Å²) in [6.45, 7) is 11.6. The highest BCUT2D eigenvalue weighted by Gasteiger charge is 2.54. The molecule has 8 heteroatoms. The summed E-state index contributed by atoms with van der Waals surface area (Å²) in [6.07, 6.45) is 13.8. The maximum atomic E-state index is 14.1. The topological polar surface area (TPSA) is 89.9 Å². The number of ether oxygens (including phenoxy) is 2. The van der Waals surface area contributed by atoms with E-state index < -0.39 is 45.4 Å². The van der Waals surface area contributed by atoms with Gasteiger partial charge in [-0.05, 0) is 63.4 Å². The average molecular weight is 572 g/mol. The highest BCUT2D eigenvalue weighted by molar-refractivity contribution is 6.68. The van der Waals surface area contributed by atoms with E-state index in [1.54, 1.807) is 26.0 Å². The molecule has 2 aliphatic rings. The van der Waals surface area contributed by atoms with Gasteiger partial charge in [0, 0.05) is 12.5 Å². The Kier molecular flexibility index (Phi) is 12.3. The molecule has 0 aromatic rings. The minimum absolute atomic E-state index is 0.0739. The largest absolute Gasteiger partial charge is 0.458 e. The quantitative estimate of drug-likeness (QED) is 0.126. The lowest BCUT2D eigenvalue weighted by molar-refractivity contribution is -0.154. The Hall–Kier alpha value is -1.47. The van der Waals surface area contributed by atoms with Crippen LogP contribution in [0.2, 0.25) is 0 Å². The number of hydrogen-bond acceptors (Lipinski definition) is 6. The van der Waals surface area contributed by atoms with Crippen LogP contribution in [0, 0.1) is 35.5 Å². The van der Waals surface area contributed by atoms with Gasteiger partial charge in [-0.2, -0.15) is 0 Å². The third-order valence-corrected chi connectivity index (χ3v) is 8.44. The first-order valence-electron chi connectivity index (χ1n) is 13.8. The number of alkyl halides is 2. The number of esters is 1. The zero-order valence-corrected chi connectivity index (χ0v) is 25.0. The molecule has 0 aromatic heterocycles. The van der Waals surface area contributed by atoms with Crippen LogP contribution in [0.1, 0.15) is 67.2 Å². The summed E-state index contributed by atoms with van der Waals surface area (Å²) in [4.78, 5) is 40.0. The van der Waals surface area contributed by atoms with E-state index in [0.29, 0.717) is 19.4 Å². The Morgan fingerprint density at radius 2 is 1.68 bits per heavy atom. The van der Waals surface area contributed by atoms with Gasteiger partial charge in [-0.1, -0.05) is 87.2 Å². The number of fused-ring (bicyclic) bond motifs is 1. The number of Topliss-reactive ketones (excluding diaryl/α,β-unsaturated/α-hetero) is 2. The molecule has 1 aliphatic heterocycles. The fraction of sp³-hybridized carbons (Fsp3) is 0.700. The summed E-state index contributed by atoms with van der Waals surface area (Å²) in [5.41, 5.74) is -1.10. The van der Waals surface area contributed by atoms with Gasteiger partial charge in [-0.3, -0.25) is 14.4 Å². The summed E-state index contributed by atoms with van der Waals surface area (Å²) in [6, 6.07) is 0. The Labute approximate surface area is 237 Å². The van der Waals surface area contributed by atoms with Crippen LogP contribution in [0.3, 0.4) is 0 Å². The highest BCUT2D eigenvalue weighted by Crippen LogP contribution is 2.47. The van der Waals surface area contributed by atoms with Crippen molar-refractivity contribution in [1.82, 2.24) is 0 Å². The van der Waals surface area contributed by atoms with Crippen molar-refractivity contribution in [3.05, 3.63) is 36.5 Å². The van der Waals surface area contributed by atoms with Crippen molar-refractivity contribution in [3.63, 3.8) is 0 Å². The number of aliphatic hydroxyl groups is 1. The smallest absolute Gasteiger partial charge is 0.316 e. The second-order valence-corrected chi connectivity index (χ2v) is 12.5. The number of halogens is 2. The van der Waals surface area contributed by atoms with Crippen molar-refractivity contribution in [1.29, 1.82) is 0 Å². The van der Waals surface area contributed by atoms with Gasteiger partial charge in [-0.15, -0.1) is 0 Å². The van der Waals surface area contributed by atoms with Crippen LogP contribution >= 0.6 is 23.2 Å². The van der Waals surface area contributed by atoms with E-state index in [4.69, 9.17) is 32.7 Å². The molecule has 1 heterocycles. The second kappa shape index (κ2) is 14.2. The first-order chi connectivity index (χ1) is 17.8. The number of carbonyl (C=O) groups excluding carboxylic acids is 3. The summed E-state index contributed by atoms with van der Waals surface area (Å²) < 4.78 is 8.63. The van der Waals surface area contributed by atoms with Gasteiger partial charge in [0.25, 0.3) is 0 Å². The molecule has 2 rings (SSSR count). The number of unbranched alkanes of at least 4 members (excludes halogenated alkanes) is 1. The van der Waals surface area contributed by atoms with Gasteiger partial charge < -0.3 is 14.6 Å². The van der Waals surface area contributed by atoms with Gasteiger partial charge in [0.1, 0.15) is 12.0 Å². The maximum Gasteiger partial charge on any atom is 0.316 e. The average Bonchev–Trinajstić information content (AvgIpc) is 2.86. The van der Waals surface area contributed by atoms with E-state index in [2.05, 4.69) is 13.0 Å². The van der Waals surface area contributed by atoms with E-state index in [-0.39, 0.29) is 30.3 Å². The van der Waals surface area contributed by atoms with E-state index in [0.717, 1.165) is 12.8 Å². The molecule has 0 saturated heterocycles. The van der Waals surface area contributed by atoms with Gasteiger partial charge >= 0.3 is 5.97 Å². The number of allylic oxidation sites excluding steroid dienone is 5. The Morgan fingerprint density at radius 1 is 1.03 bits per heavy atom. The molecule has 6 nitrogen and oxygen atoms in total. The zero-order valence-electron chi connectivity index (χ0n) is 23.5. The maximum absolute atomic E-state index is 14.1. The number of rotatable bonds is 8. The van der Waals surface area contributed by atoms with Gasteiger partial charge in [0.15, 0.2) is 11.6 Å². The first kappa shape index (κ1) is 32.7. The standard InChI is InChI=1S/C30H44Cl2O6/c1-7-9-16-37-18-29(6,36)17-22-14-15-24-19(3)12-10-11-13-20(4)38-28(35)21(5)26(33)30(31,32)27(34)25(24)23(22)8-2/h10-15,19-25,36H,7-9,16-18H2,1-6H3/b12-10-,13-11+/t19-,20+,21+,22-,23-,24+,25+,29-/m1/s1. The molecule has 0 fully saturated rings. The number of cyclic esters (lactones) is 1. The molecule has 0 spiro atoms. The summed E-state index contributed by atoms with van der Waals surface area (Å²) in [5.74, 6) is -5.03. The van der Waals surface area contributed by atoms with Crippen molar-refractivity contribution >= 4 is 40.7 Å². The molecule has 38 heavy (non-hydrogen) atoms. The van der Waals surface area contributed by atoms with Gasteiger partial charge in [-0.25, -0.2) is 0 Å². The second-order valence-electron chi connectivity index (χ2n) is 11.1. The van der Waals surface area contributed by atoms with E-state index in [1.165, 1.54) is 6.92 Å². The van der Waals surface area contributed by atoms with Crippen molar-refractivity contribution in [2.24, 2.45) is 35.5 Å². The third kappa shape index (κ3) is 8.27. The minimum Gasteiger partial charge on any atom is -0.458 e. The molecule has 214 valence electrons. The van der Waals surface area contributed by atoms with E-state index in [1.807, 2.05) is 32.1 Å². The van der Waals surface area contributed by atoms with Crippen LogP contribution in [-0.4, -0.2) is 51.9 Å². The fourth-order valence-corrected chi connectivity index (χ4v) is 6.04. The summed E-state index contributed by atoms with van der Waals surface area (Å²) in [7, 11) is 0. The SMILES string of the molecule is CCCCOC[C@](C)(O)C[C@H]1C=C[C@@H]2[C@@H](C(=O)C(Cl)(Cl)C(=O)[C@H](C)C(=O)O[C@@H](C)/C=C/C=C\[C@H]2C)[C@@H]1CC. The van der Waals surface area contributed by atoms with Crippen molar-refractivity contribution in [2.45, 2.75) is 83.3 Å². The minimum atomic E-state index is -2.41. The molecule has 0 saturated carbocycles. The molecule has 0 aromatic carbocycles. The van der Waals surface area contributed by atoms with Crippen LogP contribution in [0.5, 0.6) is 0 Å². The lowest BCUT2D eigenvalue weighted by Crippen LogP contribution is -2.51. The van der Waals surface area contributed by atoms with Gasteiger partial charge in [0.05, 0.1) is 12.2 Å². The molecule has 8 atom stereocenters. The van der Waals surface area contributed by atoms with Crippen LogP contribution in [0.15, 0.2) is 36.5 Å². The number of carbonyl (C=O) groups is 3.